The van der Waals surface area contributed by atoms with Gasteiger partial charge in [0.25, 0.3) is 5.91 Å². The molecule has 0 saturated heterocycles. The summed E-state index contributed by atoms with van der Waals surface area (Å²) in [6, 6.07) is 25.0. The van der Waals surface area contributed by atoms with Gasteiger partial charge in [0.2, 0.25) is 0 Å². The number of methoxy groups -OCH3 is 1. The number of halogens is 2. The minimum atomic E-state index is -1.15. The number of aromatic nitrogens is 7. The fourth-order valence-electron chi connectivity index (χ4n) is 8.55. The number of amides is 1. The van der Waals surface area contributed by atoms with Gasteiger partial charge in [0.05, 0.1) is 18.2 Å². The first-order valence-electron chi connectivity index (χ1n) is 25.9. The summed E-state index contributed by atoms with van der Waals surface area (Å²) in [6.45, 7) is 25.0. The van der Waals surface area contributed by atoms with E-state index in [4.69, 9.17) is 54.6 Å². The number of benzene rings is 1. The molecule has 430 valence electrons. The summed E-state index contributed by atoms with van der Waals surface area (Å²) >= 11 is 12.9. The number of anilines is 2. The van der Waals surface area contributed by atoms with Crippen LogP contribution < -0.4 is 22.5 Å². The molecule has 20 heteroatoms. The lowest BCUT2D eigenvalue weighted by Gasteiger charge is -2.16. The highest BCUT2D eigenvalue weighted by molar-refractivity contribution is 6.76. The zero-order chi connectivity index (χ0) is 56.9. The molecule has 0 unspecified atom stereocenters. The maximum Gasteiger partial charge on any atom is 0.337 e. The third-order valence-corrected chi connectivity index (χ3v) is 17.0. The van der Waals surface area contributed by atoms with Gasteiger partial charge in [-0.3, -0.25) is 19.3 Å². The molecule has 0 spiro atoms. The monoisotopic (exact) mass is 1160 g/mol. The van der Waals surface area contributed by atoms with Crippen molar-refractivity contribution in [2.24, 2.45) is 5.73 Å². The van der Waals surface area contributed by atoms with Gasteiger partial charge in [-0.15, -0.1) is 0 Å². The van der Waals surface area contributed by atoms with E-state index in [0.717, 1.165) is 103 Å². The predicted molar refractivity (Wildman–Crippen MR) is 334 cm³/mol. The van der Waals surface area contributed by atoms with E-state index in [2.05, 4.69) is 93.8 Å². The average molecular weight is 1170 g/mol. The van der Waals surface area contributed by atoms with Crippen LogP contribution in [-0.2, 0) is 53.6 Å². The highest BCUT2D eigenvalue weighted by Crippen LogP contribution is 2.27. The number of rotatable bonds is 19. The number of nitrogens with zero attached hydrogens (tertiary/aromatic N) is 7. The van der Waals surface area contributed by atoms with Crippen molar-refractivity contribution in [2.75, 3.05) is 31.8 Å². The van der Waals surface area contributed by atoms with E-state index in [1.807, 2.05) is 73.4 Å². The SMILES string of the molecule is C.C.COC(=O)c1ccnc(Cc2ccc3c(c2)cc(Cl)n3COCC[Si](C)(C)C)c1.Cc1cc(N)nc(C)c1CN.Cc1cc(N)nc(C)c1CNC(=O)c1ccnc(Cc2cnc3c(c2)cc(Cl)n3COCC[Si](C)(C)C)c1. The maximum absolute atomic E-state index is 12.9. The Morgan fingerprint density at radius 2 is 1.15 bits per heavy atom. The zero-order valence-corrected chi connectivity index (χ0v) is 50.4. The van der Waals surface area contributed by atoms with Crippen molar-refractivity contribution in [3.05, 3.63) is 169 Å². The Kier molecular flexibility index (Phi) is 24.6. The predicted octanol–water partition coefficient (Wildman–Crippen LogP) is 12.9. The minimum Gasteiger partial charge on any atom is -0.465 e. The van der Waals surface area contributed by atoms with Crippen LogP contribution in [0.2, 0.25) is 61.7 Å². The van der Waals surface area contributed by atoms with Crippen molar-refractivity contribution in [3.63, 3.8) is 0 Å². The second-order valence-corrected chi connectivity index (χ2v) is 33.8. The van der Waals surface area contributed by atoms with E-state index in [9.17, 15) is 9.59 Å². The van der Waals surface area contributed by atoms with Crippen LogP contribution in [0.3, 0.4) is 0 Å². The van der Waals surface area contributed by atoms with Crippen LogP contribution in [0.4, 0.5) is 11.6 Å². The first kappa shape index (κ1) is 66.0. The molecule has 0 bridgehead atoms. The molecule has 8 aromatic rings. The van der Waals surface area contributed by atoms with Crippen LogP contribution in [0.5, 0.6) is 0 Å². The maximum atomic E-state index is 12.9. The molecule has 16 nitrogen and oxygen atoms in total. The number of hydrogen-bond acceptors (Lipinski definition) is 13. The number of fused-ring (bicyclic) bond motifs is 2. The number of pyridine rings is 5. The summed E-state index contributed by atoms with van der Waals surface area (Å²) in [5, 5.41) is 6.24. The minimum absolute atomic E-state index is 0. The summed E-state index contributed by atoms with van der Waals surface area (Å²) in [5.74, 6) is 0.515. The summed E-state index contributed by atoms with van der Waals surface area (Å²) in [5.41, 5.74) is 29.3. The second kappa shape index (κ2) is 29.8. The van der Waals surface area contributed by atoms with Crippen molar-refractivity contribution < 1.29 is 23.8 Å². The van der Waals surface area contributed by atoms with Crippen LogP contribution in [0.25, 0.3) is 21.9 Å². The number of nitrogen functional groups attached to an aromatic ring is 2. The van der Waals surface area contributed by atoms with Crippen LogP contribution in [0, 0.1) is 27.7 Å². The number of ether oxygens (including phenoxy) is 3. The lowest BCUT2D eigenvalue weighted by atomic mass is 10.1. The topological polar surface area (TPSA) is 226 Å². The summed E-state index contributed by atoms with van der Waals surface area (Å²) < 4.78 is 20.4. The number of aryl methyl sites for hydroxylation is 4. The first-order valence-corrected chi connectivity index (χ1v) is 34.1. The molecule has 0 radical (unpaired) electrons. The molecule has 7 N–H and O–H groups in total. The molecule has 80 heavy (non-hydrogen) atoms. The van der Waals surface area contributed by atoms with Gasteiger partial charge in [0.1, 0.15) is 41.1 Å². The summed E-state index contributed by atoms with van der Waals surface area (Å²) in [6.07, 6.45) is 6.27. The molecule has 7 heterocycles. The number of hydrogen-bond donors (Lipinski definition) is 4. The highest BCUT2D eigenvalue weighted by Gasteiger charge is 2.17. The molecule has 0 atom stereocenters. The van der Waals surface area contributed by atoms with E-state index in [0.29, 0.717) is 72.5 Å². The molecule has 0 aliphatic rings. The molecular weight excluding hydrogens is 1080 g/mol. The van der Waals surface area contributed by atoms with E-state index in [-0.39, 0.29) is 26.7 Å². The van der Waals surface area contributed by atoms with Gasteiger partial charge in [-0.05, 0) is 140 Å². The Labute approximate surface area is 485 Å². The molecule has 8 rings (SSSR count). The molecule has 1 amide bonds. The van der Waals surface area contributed by atoms with Gasteiger partial charge < -0.3 is 41.3 Å². The van der Waals surface area contributed by atoms with Gasteiger partial charge >= 0.3 is 5.97 Å². The molecule has 0 aliphatic heterocycles. The van der Waals surface area contributed by atoms with Crippen LogP contribution in [0.15, 0.2) is 91.4 Å². The van der Waals surface area contributed by atoms with Crippen molar-refractivity contribution >= 4 is 84.8 Å². The number of carbonyl (C=O) groups is 2. The van der Waals surface area contributed by atoms with E-state index < -0.39 is 16.1 Å². The largest absolute Gasteiger partial charge is 0.465 e. The van der Waals surface area contributed by atoms with E-state index >= 15 is 0 Å². The highest BCUT2D eigenvalue weighted by atomic mass is 35.5. The van der Waals surface area contributed by atoms with Crippen molar-refractivity contribution in [1.29, 1.82) is 0 Å². The van der Waals surface area contributed by atoms with Crippen LogP contribution >= 0.6 is 23.2 Å². The van der Waals surface area contributed by atoms with Gasteiger partial charge in [-0.25, -0.2) is 19.7 Å². The van der Waals surface area contributed by atoms with Gasteiger partial charge in [-0.2, -0.15) is 0 Å². The lowest BCUT2D eigenvalue weighted by molar-refractivity contribution is 0.0600. The molecule has 1 aromatic carbocycles. The Bertz CT molecular complexity index is 3330. The average Bonchev–Trinajstić information content (AvgIpc) is 3.97. The van der Waals surface area contributed by atoms with E-state index in [1.165, 1.54) is 7.11 Å². The summed E-state index contributed by atoms with van der Waals surface area (Å²) in [4.78, 5) is 46.5. The fraction of sp³-hybridized carbons (Fsp3) is 0.383. The van der Waals surface area contributed by atoms with Gasteiger partial charge in [0.15, 0.2) is 0 Å². The smallest absolute Gasteiger partial charge is 0.337 e. The molecular formula is C60H83Cl2N11O5Si2. The third-order valence-electron chi connectivity index (χ3n) is 13.0. The van der Waals surface area contributed by atoms with Crippen molar-refractivity contribution in [3.8, 4) is 0 Å². The second-order valence-electron chi connectivity index (χ2n) is 21.8. The van der Waals surface area contributed by atoms with E-state index in [1.54, 1.807) is 30.6 Å². The lowest BCUT2D eigenvalue weighted by Crippen LogP contribution is -2.24. The molecule has 0 aliphatic carbocycles. The number of nitrogens with two attached hydrogens (primary N) is 3. The van der Waals surface area contributed by atoms with Gasteiger partial charge in [-0.1, -0.05) is 83.4 Å². The zero-order valence-electron chi connectivity index (χ0n) is 46.9. The Hall–Kier alpha value is -6.52. The summed E-state index contributed by atoms with van der Waals surface area (Å²) in [7, 11) is -0.883. The number of esters is 1. The van der Waals surface area contributed by atoms with Crippen molar-refractivity contribution in [2.45, 2.75) is 133 Å². The standard InChI is InChI=1S/C28H35ClN6O2Si.C22H27ClN2O3Si.C8H13N3.2CH4/c1-18-10-26(30)34-19(2)24(18)16-33-28(36)21-6-7-31-23(13-21)12-20-11-22-14-25(29)35(27(22)32-15-20)17-37-8-9-38(3,4)5;1-27-22(26)17-7-8-24-19(13-17)12-16-5-6-20-18(11-16)14-21(23)25(20)15-28-9-10-29(2,3)4;1-5-3-8(10)11-6(2)7(5)4-9;;/h6-7,10-11,13-15H,8-9,12,16-17H2,1-5H3,(H2,30,34)(H,33,36);5-8,11,13-14H,9-10,12,15H2,1-4H3;3H,4,9H2,1-2H3,(H2,10,11);2*1H4. The number of carbonyl (C=O) groups excluding carboxylic acids is 2. The fourth-order valence-corrected chi connectivity index (χ4v) is 10.6. The normalized spacial score (nSPS) is 11.2. The Morgan fingerprint density at radius 3 is 1.71 bits per heavy atom. The quantitative estimate of drug-likeness (QED) is 0.0336. The van der Waals surface area contributed by atoms with Crippen molar-refractivity contribution in [1.82, 2.24) is 39.4 Å². The number of nitrogens with one attached hydrogen (secondary N) is 1. The first-order chi connectivity index (χ1) is 36.9. The Balaban J connectivity index is 0.000000289. The molecule has 7 aromatic heterocycles. The molecule has 0 saturated carbocycles. The third kappa shape index (κ3) is 19.1. The Morgan fingerprint density at radius 1 is 0.637 bits per heavy atom. The van der Waals surface area contributed by atoms with Gasteiger partial charge in [0, 0.05) is 113 Å². The van der Waals surface area contributed by atoms with Crippen LogP contribution in [0.1, 0.15) is 91.7 Å². The molecule has 0 fully saturated rings. The van der Waals surface area contributed by atoms with Crippen LogP contribution in [-0.4, -0.2) is 82.4 Å².